The number of imidazole rings is 1. The maximum absolute atomic E-state index is 13.4. The average molecular weight is 574 g/mol. The molecular weight excluding hydrogens is 555 g/mol. The Kier molecular flexibility index (Phi) is 8.34. The van der Waals surface area contributed by atoms with E-state index in [0.29, 0.717) is 16.5 Å². The van der Waals surface area contributed by atoms with E-state index >= 15 is 0 Å². The summed E-state index contributed by atoms with van der Waals surface area (Å²) >= 11 is 6.09. The van der Waals surface area contributed by atoms with Crippen LogP contribution in [0.2, 0.25) is 5.02 Å². The number of H-pyrrole nitrogens is 1. The Labute approximate surface area is 228 Å². The molecule has 1 aromatic heterocycles. The molecule has 4 N–H and O–H groups in total. The van der Waals surface area contributed by atoms with Gasteiger partial charge in [0.05, 0.1) is 28.3 Å². The standard InChI is InChI=1S/C26H19ClF3N5O5/c27-18-7-3-4-8-19(18)34-25(39)35-20-10-15-6-2-1-5-14(15)9-17(20)22(36)33-21(11-16-12-31-13-32-16)23(37)40-24(38)26(28,29)30/h1-10,12-13,21H,11H2,(H,31,32)(H,33,36)(H2,34,35,39)/t21-/m0/s1. The number of hydrogen-bond donors (Lipinski definition) is 4. The molecule has 0 saturated carbocycles. The zero-order valence-electron chi connectivity index (χ0n) is 20.2. The van der Waals surface area contributed by atoms with Crippen LogP contribution >= 0.6 is 11.6 Å². The fourth-order valence-electron chi connectivity index (χ4n) is 3.64. The number of halogens is 4. The highest BCUT2D eigenvalue weighted by Gasteiger charge is 2.43. The summed E-state index contributed by atoms with van der Waals surface area (Å²) < 4.78 is 42.1. The quantitative estimate of drug-likeness (QED) is 0.184. The number of nitrogens with zero attached hydrogens (tertiary/aromatic N) is 1. The molecule has 0 aliphatic heterocycles. The molecule has 0 aliphatic rings. The summed E-state index contributed by atoms with van der Waals surface area (Å²) in [5, 5.41) is 8.90. The molecular formula is C26H19ClF3N5O5. The predicted octanol–water partition coefficient (Wildman–Crippen LogP) is 4.83. The van der Waals surface area contributed by atoms with Crippen LogP contribution < -0.4 is 16.0 Å². The van der Waals surface area contributed by atoms with E-state index in [0.717, 1.165) is 0 Å². The Morgan fingerprint density at radius 3 is 2.25 bits per heavy atom. The SMILES string of the molecule is O=C(Nc1ccccc1Cl)Nc1cc2ccccc2cc1C(=O)N[C@@H](Cc1cnc[nH]1)C(=O)OC(=O)C(F)(F)F. The van der Waals surface area contributed by atoms with Gasteiger partial charge in [0, 0.05) is 18.3 Å². The van der Waals surface area contributed by atoms with Crippen molar-refractivity contribution in [1.29, 1.82) is 0 Å². The number of ether oxygens (including phenoxy) is 1. The summed E-state index contributed by atoms with van der Waals surface area (Å²) in [6.45, 7) is 0. The Morgan fingerprint density at radius 2 is 1.60 bits per heavy atom. The number of hydrogen-bond acceptors (Lipinski definition) is 6. The molecule has 4 rings (SSSR count). The van der Waals surface area contributed by atoms with E-state index in [1.807, 2.05) is 0 Å². The van der Waals surface area contributed by atoms with Crippen LogP contribution in [0.3, 0.4) is 0 Å². The van der Waals surface area contributed by atoms with E-state index in [2.05, 4.69) is 30.7 Å². The van der Waals surface area contributed by atoms with E-state index in [-0.39, 0.29) is 28.4 Å². The molecule has 0 aliphatic carbocycles. The first-order valence-electron chi connectivity index (χ1n) is 11.5. The van der Waals surface area contributed by atoms with Gasteiger partial charge in [0.1, 0.15) is 6.04 Å². The van der Waals surface area contributed by atoms with Gasteiger partial charge in [-0.15, -0.1) is 0 Å². The fourth-order valence-corrected chi connectivity index (χ4v) is 3.82. The zero-order valence-corrected chi connectivity index (χ0v) is 21.0. The summed E-state index contributed by atoms with van der Waals surface area (Å²) in [5.41, 5.74) is 0.446. The lowest BCUT2D eigenvalue weighted by Gasteiger charge is -2.19. The maximum atomic E-state index is 13.4. The van der Waals surface area contributed by atoms with Gasteiger partial charge in [-0.05, 0) is 35.0 Å². The molecule has 14 heteroatoms. The second-order valence-corrected chi connectivity index (χ2v) is 8.72. The molecule has 3 aromatic carbocycles. The number of esters is 2. The monoisotopic (exact) mass is 573 g/mol. The van der Waals surface area contributed by atoms with Crippen molar-refractivity contribution < 1.29 is 37.1 Å². The van der Waals surface area contributed by atoms with Crippen molar-refractivity contribution >= 4 is 57.6 Å². The second kappa shape index (κ2) is 11.9. The normalized spacial score (nSPS) is 11.9. The number of fused-ring (bicyclic) bond motifs is 1. The number of urea groups is 1. The molecule has 40 heavy (non-hydrogen) atoms. The molecule has 0 fully saturated rings. The molecule has 0 spiro atoms. The molecule has 206 valence electrons. The number of benzene rings is 3. The van der Waals surface area contributed by atoms with Crippen LogP contribution in [-0.2, 0) is 20.7 Å². The summed E-state index contributed by atoms with van der Waals surface area (Å²) in [5.74, 6) is -5.32. The third-order valence-corrected chi connectivity index (χ3v) is 5.82. The topological polar surface area (TPSA) is 142 Å². The number of para-hydroxylation sites is 1. The Bertz CT molecular complexity index is 1580. The Hall–Kier alpha value is -4.91. The van der Waals surface area contributed by atoms with Crippen LogP contribution in [0, 0.1) is 0 Å². The van der Waals surface area contributed by atoms with Gasteiger partial charge in [0.25, 0.3) is 5.91 Å². The molecule has 0 saturated heterocycles. The summed E-state index contributed by atoms with van der Waals surface area (Å²) in [6, 6.07) is 13.8. The number of anilines is 2. The molecule has 1 heterocycles. The highest BCUT2D eigenvalue weighted by atomic mass is 35.5. The first kappa shape index (κ1) is 28.1. The van der Waals surface area contributed by atoms with Crippen LogP contribution in [-0.4, -0.2) is 46.1 Å². The predicted molar refractivity (Wildman–Crippen MR) is 139 cm³/mol. The zero-order chi connectivity index (χ0) is 28.9. The van der Waals surface area contributed by atoms with Crippen LogP contribution in [0.4, 0.5) is 29.3 Å². The summed E-state index contributed by atoms with van der Waals surface area (Å²) in [4.78, 5) is 56.4. The number of carbonyl (C=O) groups is 4. The van der Waals surface area contributed by atoms with Gasteiger partial charge < -0.3 is 25.7 Å². The molecule has 0 bridgehead atoms. The van der Waals surface area contributed by atoms with Gasteiger partial charge in [0.2, 0.25) is 0 Å². The van der Waals surface area contributed by atoms with Crippen LogP contribution in [0.15, 0.2) is 73.2 Å². The number of aromatic nitrogens is 2. The molecule has 3 amide bonds. The minimum atomic E-state index is -5.43. The number of amides is 3. The van der Waals surface area contributed by atoms with Crippen molar-refractivity contribution in [2.24, 2.45) is 0 Å². The lowest BCUT2D eigenvalue weighted by Crippen LogP contribution is -2.45. The Balaban J connectivity index is 1.63. The van der Waals surface area contributed by atoms with Crippen molar-refractivity contribution in [3.05, 3.63) is 89.5 Å². The Morgan fingerprint density at radius 1 is 0.950 bits per heavy atom. The van der Waals surface area contributed by atoms with Gasteiger partial charge in [-0.3, -0.25) is 4.79 Å². The summed E-state index contributed by atoms with van der Waals surface area (Å²) in [7, 11) is 0. The van der Waals surface area contributed by atoms with Crippen molar-refractivity contribution in [2.45, 2.75) is 18.6 Å². The van der Waals surface area contributed by atoms with E-state index in [4.69, 9.17) is 11.6 Å². The van der Waals surface area contributed by atoms with Crippen LogP contribution in [0.1, 0.15) is 16.1 Å². The number of carbonyl (C=O) groups excluding carboxylic acids is 4. The van der Waals surface area contributed by atoms with Gasteiger partial charge in [0.15, 0.2) is 0 Å². The lowest BCUT2D eigenvalue weighted by atomic mass is 10.0. The van der Waals surface area contributed by atoms with Crippen molar-refractivity contribution in [3.8, 4) is 0 Å². The summed E-state index contributed by atoms with van der Waals surface area (Å²) in [6.07, 6.45) is -3.27. The van der Waals surface area contributed by atoms with E-state index < -0.39 is 36.1 Å². The smallest absolute Gasteiger partial charge is 0.385 e. The van der Waals surface area contributed by atoms with Crippen molar-refractivity contribution in [1.82, 2.24) is 15.3 Å². The minimum Gasteiger partial charge on any atom is -0.385 e. The molecule has 0 radical (unpaired) electrons. The fraction of sp³-hybridized carbons (Fsp3) is 0.115. The van der Waals surface area contributed by atoms with Crippen LogP contribution in [0.5, 0.6) is 0 Å². The largest absolute Gasteiger partial charge is 0.491 e. The van der Waals surface area contributed by atoms with Gasteiger partial charge in [-0.2, -0.15) is 13.2 Å². The highest BCUT2D eigenvalue weighted by molar-refractivity contribution is 6.33. The first-order valence-corrected chi connectivity index (χ1v) is 11.9. The molecule has 10 nitrogen and oxygen atoms in total. The molecule has 1 atom stereocenters. The van der Waals surface area contributed by atoms with E-state index in [1.165, 1.54) is 24.7 Å². The van der Waals surface area contributed by atoms with Gasteiger partial charge >= 0.3 is 24.1 Å². The number of rotatable bonds is 7. The first-order chi connectivity index (χ1) is 19.0. The number of aromatic amines is 1. The van der Waals surface area contributed by atoms with Gasteiger partial charge in [-0.25, -0.2) is 19.4 Å². The van der Waals surface area contributed by atoms with Crippen molar-refractivity contribution in [3.63, 3.8) is 0 Å². The van der Waals surface area contributed by atoms with Gasteiger partial charge in [-0.1, -0.05) is 48.0 Å². The lowest BCUT2D eigenvalue weighted by molar-refractivity contribution is -0.202. The van der Waals surface area contributed by atoms with Crippen LogP contribution in [0.25, 0.3) is 10.8 Å². The maximum Gasteiger partial charge on any atom is 0.491 e. The number of alkyl halides is 3. The van der Waals surface area contributed by atoms with E-state index in [1.54, 1.807) is 48.5 Å². The molecule has 0 unspecified atom stereocenters. The minimum absolute atomic E-state index is 0.0146. The molecule has 4 aromatic rings. The second-order valence-electron chi connectivity index (χ2n) is 8.32. The van der Waals surface area contributed by atoms with Crippen molar-refractivity contribution in [2.75, 3.05) is 10.6 Å². The van der Waals surface area contributed by atoms with E-state index in [9.17, 15) is 32.3 Å². The highest BCUT2D eigenvalue weighted by Crippen LogP contribution is 2.26. The average Bonchev–Trinajstić information content (AvgIpc) is 3.41. The number of nitrogens with one attached hydrogen (secondary N) is 4. The third-order valence-electron chi connectivity index (χ3n) is 5.49. The third kappa shape index (κ3) is 6.94.